The van der Waals surface area contributed by atoms with Crippen LogP contribution >= 0.6 is 24.0 Å². The first-order chi connectivity index (χ1) is 13.2. The highest BCUT2D eigenvalue weighted by Gasteiger charge is 2.15. The number of amides is 1. The summed E-state index contributed by atoms with van der Waals surface area (Å²) in [7, 11) is 0. The van der Waals surface area contributed by atoms with Crippen LogP contribution in [0.1, 0.15) is 39.0 Å². The quantitative estimate of drug-likeness (QED) is 0.234. The van der Waals surface area contributed by atoms with Gasteiger partial charge in [0.05, 0.1) is 6.54 Å². The maximum Gasteiger partial charge on any atom is 0.222 e. The number of nitrogens with one attached hydrogen (secondary N) is 2. The summed E-state index contributed by atoms with van der Waals surface area (Å²) in [5, 5.41) is 6.39. The number of benzene rings is 1. The Labute approximate surface area is 184 Å². The molecule has 0 atom stereocenters. The molecule has 0 bridgehead atoms. The van der Waals surface area contributed by atoms with E-state index in [4.69, 9.17) is 4.74 Å². The van der Waals surface area contributed by atoms with Crippen molar-refractivity contribution in [3.8, 4) is 5.75 Å². The number of halogens is 2. The van der Waals surface area contributed by atoms with Crippen molar-refractivity contribution in [1.82, 2.24) is 15.5 Å². The molecule has 1 aromatic carbocycles. The summed E-state index contributed by atoms with van der Waals surface area (Å²) in [6.45, 7) is 6.05. The SMILES string of the molecule is CCNC(=NCCCN1CCCCCC1=O)NCCOc1cccc(F)c1.I. The zero-order valence-electron chi connectivity index (χ0n) is 16.6. The van der Waals surface area contributed by atoms with Crippen molar-refractivity contribution in [1.29, 1.82) is 0 Å². The molecule has 0 unspecified atom stereocenters. The van der Waals surface area contributed by atoms with Gasteiger partial charge in [-0.05, 0) is 38.3 Å². The lowest BCUT2D eigenvalue weighted by molar-refractivity contribution is -0.130. The van der Waals surface area contributed by atoms with Crippen LogP contribution in [0.2, 0.25) is 0 Å². The molecule has 1 amide bonds. The Kier molecular flexibility index (Phi) is 12.6. The number of hydrogen-bond donors (Lipinski definition) is 2. The third-order valence-corrected chi connectivity index (χ3v) is 4.33. The monoisotopic (exact) mass is 506 g/mol. The Morgan fingerprint density at radius 2 is 2.14 bits per heavy atom. The van der Waals surface area contributed by atoms with Gasteiger partial charge in [0.15, 0.2) is 5.96 Å². The van der Waals surface area contributed by atoms with E-state index >= 15 is 0 Å². The van der Waals surface area contributed by atoms with Crippen molar-refractivity contribution in [2.24, 2.45) is 4.99 Å². The Morgan fingerprint density at radius 3 is 2.93 bits per heavy atom. The molecule has 0 radical (unpaired) electrons. The van der Waals surface area contributed by atoms with Crippen molar-refractivity contribution in [3.05, 3.63) is 30.1 Å². The van der Waals surface area contributed by atoms with Gasteiger partial charge in [0, 0.05) is 38.7 Å². The molecule has 1 fully saturated rings. The molecule has 6 nitrogen and oxygen atoms in total. The minimum Gasteiger partial charge on any atom is -0.492 e. The molecule has 0 saturated carbocycles. The van der Waals surface area contributed by atoms with Gasteiger partial charge in [-0.2, -0.15) is 0 Å². The fourth-order valence-electron chi connectivity index (χ4n) is 2.96. The van der Waals surface area contributed by atoms with Gasteiger partial charge in [-0.1, -0.05) is 12.5 Å². The van der Waals surface area contributed by atoms with Crippen LogP contribution in [0.25, 0.3) is 0 Å². The summed E-state index contributed by atoms with van der Waals surface area (Å²) in [4.78, 5) is 18.5. The molecule has 2 rings (SSSR count). The molecular weight excluding hydrogens is 474 g/mol. The number of nitrogens with zero attached hydrogens (tertiary/aromatic N) is 2. The molecule has 1 heterocycles. The normalized spacial score (nSPS) is 14.9. The van der Waals surface area contributed by atoms with Crippen LogP contribution in [0.3, 0.4) is 0 Å². The Morgan fingerprint density at radius 1 is 1.29 bits per heavy atom. The smallest absolute Gasteiger partial charge is 0.222 e. The zero-order valence-corrected chi connectivity index (χ0v) is 18.9. The van der Waals surface area contributed by atoms with E-state index in [9.17, 15) is 9.18 Å². The van der Waals surface area contributed by atoms with E-state index in [1.165, 1.54) is 12.1 Å². The van der Waals surface area contributed by atoms with Gasteiger partial charge in [-0.15, -0.1) is 24.0 Å². The van der Waals surface area contributed by atoms with Crippen LogP contribution in [0.5, 0.6) is 5.75 Å². The van der Waals surface area contributed by atoms with Crippen molar-refractivity contribution in [2.75, 3.05) is 39.3 Å². The number of carbonyl (C=O) groups excluding carboxylic acids is 1. The molecule has 0 aromatic heterocycles. The van der Waals surface area contributed by atoms with Crippen LogP contribution < -0.4 is 15.4 Å². The summed E-state index contributed by atoms with van der Waals surface area (Å²) in [6.07, 6.45) is 4.79. The van der Waals surface area contributed by atoms with Crippen LogP contribution in [0, 0.1) is 5.82 Å². The maximum atomic E-state index is 13.1. The first kappa shape index (κ1) is 24.5. The predicted molar refractivity (Wildman–Crippen MR) is 121 cm³/mol. The Balaban J connectivity index is 0.00000392. The first-order valence-corrected chi connectivity index (χ1v) is 9.87. The number of likely N-dealkylation sites (tertiary alicyclic amines) is 1. The topological polar surface area (TPSA) is 66.0 Å². The summed E-state index contributed by atoms with van der Waals surface area (Å²) in [5.74, 6) is 1.21. The highest BCUT2D eigenvalue weighted by molar-refractivity contribution is 14.0. The number of hydrogen-bond acceptors (Lipinski definition) is 3. The van der Waals surface area contributed by atoms with Gasteiger partial charge in [-0.25, -0.2) is 4.39 Å². The van der Waals surface area contributed by atoms with E-state index in [0.717, 1.165) is 51.3 Å². The molecule has 0 spiro atoms. The standard InChI is InChI=1S/C20H31FN4O2.HI/c1-2-22-20(24-12-15-27-18-9-6-8-17(21)16-18)23-11-7-14-25-13-5-3-4-10-19(25)26;/h6,8-9,16H,2-5,7,10-15H2,1H3,(H2,22,23,24);1H. The number of aliphatic imine (C=N–C) groups is 1. The minimum atomic E-state index is -0.307. The second-order valence-electron chi connectivity index (χ2n) is 6.54. The summed E-state index contributed by atoms with van der Waals surface area (Å²) in [6, 6.07) is 6.11. The van der Waals surface area contributed by atoms with E-state index in [-0.39, 0.29) is 35.7 Å². The van der Waals surface area contributed by atoms with Gasteiger partial charge in [0.1, 0.15) is 18.2 Å². The second kappa shape index (κ2) is 14.4. The van der Waals surface area contributed by atoms with E-state index in [2.05, 4.69) is 15.6 Å². The highest BCUT2D eigenvalue weighted by atomic mass is 127. The largest absolute Gasteiger partial charge is 0.492 e. The van der Waals surface area contributed by atoms with Gasteiger partial charge < -0.3 is 20.3 Å². The minimum absolute atomic E-state index is 0. The molecule has 1 aliphatic rings. The van der Waals surface area contributed by atoms with E-state index in [1.54, 1.807) is 12.1 Å². The first-order valence-electron chi connectivity index (χ1n) is 9.87. The third kappa shape index (κ3) is 9.57. The number of carbonyl (C=O) groups is 1. The molecule has 8 heteroatoms. The number of ether oxygens (including phenoxy) is 1. The van der Waals surface area contributed by atoms with Crippen LogP contribution in [-0.4, -0.2) is 56.1 Å². The second-order valence-corrected chi connectivity index (χ2v) is 6.54. The average molecular weight is 506 g/mol. The number of guanidine groups is 1. The predicted octanol–water partition coefficient (Wildman–Crippen LogP) is 3.17. The lowest BCUT2D eigenvalue weighted by Gasteiger charge is -2.20. The third-order valence-electron chi connectivity index (χ3n) is 4.33. The van der Waals surface area contributed by atoms with Crippen molar-refractivity contribution in [3.63, 3.8) is 0 Å². The van der Waals surface area contributed by atoms with Gasteiger partial charge >= 0.3 is 0 Å². The van der Waals surface area contributed by atoms with Crippen LogP contribution in [0.4, 0.5) is 4.39 Å². The Bertz CT molecular complexity index is 616. The molecule has 158 valence electrons. The molecule has 1 aromatic rings. The maximum absolute atomic E-state index is 13.1. The lowest BCUT2D eigenvalue weighted by atomic mass is 10.2. The number of rotatable bonds is 9. The molecule has 0 aliphatic carbocycles. The fourth-order valence-corrected chi connectivity index (χ4v) is 2.96. The fraction of sp³-hybridized carbons (Fsp3) is 0.600. The summed E-state index contributed by atoms with van der Waals surface area (Å²) < 4.78 is 18.6. The van der Waals surface area contributed by atoms with E-state index in [0.29, 0.717) is 31.9 Å². The zero-order chi connectivity index (χ0) is 19.3. The summed E-state index contributed by atoms with van der Waals surface area (Å²) >= 11 is 0. The lowest BCUT2D eigenvalue weighted by Crippen LogP contribution is -2.39. The summed E-state index contributed by atoms with van der Waals surface area (Å²) in [5.41, 5.74) is 0. The van der Waals surface area contributed by atoms with Crippen LogP contribution in [0.15, 0.2) is 29.3 Å². The molecule has 28 heavy (non-hydrogen) atoms. The van der Waals surface area contributed by atoms with E-state index < -0.39 is 0 Å². The van der Waals surface area contributed by atoms with Crippen molar-refractivity contribution in [2.45, 2.75) is 39.0 Å². The highest BCUT2D eigenvalue weighted by Crippen LogP contribution is 2.12. The molecule has 1 aliphatic heterocycles. The Hall–Kier alpha value is -1.58. The molecular formula is C20H32FIN4O2. The molecule has 1 saturated heterocycles. The average Bonchev–Trinajstić information content (AvgIpc) is 2.86. The van der Waals surface area contributed by atoms with Crippen molar-refractivity contribution < 1.29 is 13.9 Å². The van der Waals surface area contributed by atoms with E-state index in [1.807, 2.05) is 11.8 Å². The van der Waals surface area contributed by atoms with Gasteiger partial charge in [-0.3, -0.25) is 9.79 Å². The van der Waals surface area contributed by atoms with Gasteiger partial charge in [0.25, 0.3) is 0 Å². The van der Waals surface area contributed by atoms with Crippen molar-refractivity contribution >= 4 is 35.8 Å². The van der Waals surface area contributed by atoms with Gasteiger partial charge in [0.2, 0.25) is 5.91 Å². The molecule has 2 N–H and O–H groups in total. The van der Waals surface area contributed by atoms with Crippen LogP contribution in [-0.2, 0) is 4.79 Å².